The zero-order valence-corrected chi connectivity index (χ0v) is 7.24. The Morgan fingerprint density at radius 1 is 1.47 bits per heavy atom. The highest BCUT2D eigenvalue weighted by Gasteiger charge is 2.21. The number of carboxylic acid groups (broad SMARTS) is 1. The molecule has 0 saturated heterocycles. The summed E-state index contributed by atoms with van der Waals surface area (Å²) in [4.78, 5) is 10.6. The van der Waals surface area contributed by atoms with Crippen LogP contribution in [0, 0.1) is 11.3 Å². The molecule has 1 aromatic carbocycles. The van der Waals surface area contributed by atoms with Crippen LogP contribution < -0.4 is 0 Å². The predicted molar refractivity (Wildman–Crippen MR) is 44.7 cm³/mol. The highest BCUT2D eigenvalue weighted by atomic mass is 19.3. The summed E-state index contributed by atoms with van der Waals surface area (Å²) in [6.45, 7) is 0. The van der Waals surface area contributed by atoms with Crippen LogP contribution in [-0.2, 0) is 0 Å². The molecule has 0 aliphatic heterocycles. The second-order valence-electron chi connectivity index (χ2n) is 2.64. The van der Waals surface area contributed by atoms with Crippen LogP contribution >= 0.6 is 0 Å². The summed E-state index contributed by atoms with van der Waals surface area (Å²) in [5.74, 6) is -2.44. The van der Waals surface area contributed by atoms with E-state index in [1.807, 2.05) is 0 Å². The van der Waals surface area contributed by atoms with Gasteiger partial charge in [-0.2, -0.15) is 5.26 Å². The molecule has 0 unspecified atom stereocenters. The Morgan fingerprint density at radius 2 is 2.07 bits per heavy atom. The Kier molecular flexibility index (Phi) is 2.85. The van der Waals surface area contributed by atoms with E-state index in [4.69, 9.17) is 10.4 Å². The number of hydrogen-bond acceptors (Lipinski definition) is 3. The smallest absolute Gasteiger partial charge is 0.337 e. The normalized spacial score (nSPS) is 10.0. The Morgan fingerprint density at radius 3 is 2.47 bits per heavy atom. The molecule has 0 radical (unpaired) electrons. The number of hydrogen-bond donors (Lipinski definition) is 2. The molecule has 0 fully saturated rings. The molecule has 0 bridgehead atoms. The number of aromatic hydroxyl groups is 1. The van der Waals surface area contributed by atoms with E-state index in [9.17, 15) is 18.7 Å². The first kappa shape index (κ1) is 10.9. The van der Waals surface area contributed by atoms with Gasteiger partial charge in [0.15, 0.2) is 0 Å². The minimum Gasteiger partial charge on any atom is -0.506 e. The van der Waals surface area contributed by atoms with Crippen molar-refractivity contribution in [1.29, 1.82) is 5.26 Å². The van der Waals surface area contributed by atoms with E-state index in [1.165, 1.54) is 6.07 Å². The minimum absolute atomic E-state index is 0.501. The lowest BCUT2D eigenvalue weighted by Crippen LogP contribution is -2.02. The number of carboxylic acids is 1. The summed E-state index contributed by atoms with van der Waals surface area (Å²) in [6.07, 6.45) is -2.96. The SMILES string of the molecule is N#Cc1c(C(=O)O)ccc(C(F)F)c1O. The van der Waals surface area contributed by atoms with E-state index in [-0.39, 0.29) is 0 Å². The van der Waals surface area contributed by atoms with E-state index in [2.05, 4.69) is 0 Å². The van der Waals surface area contributed by atoms with Crippen molar-refractivity contribution in [3.63, 3.8) is 0 Å². The molecule has 0 atom stereocenters. The van der Waals surface area contributed by atoms with Gasteiger partial charge in [0.25, 0.3) is 6.43 Å². The molecule has 0 heterocycles. The second kappa shape index (κ2) is 3.92. The fourth-order valence-electron chi connectivity index (χ4n) is 1.07. The van der Waals surface area contributed by atoms with E-state index in [0.717, 1.165) is 12.1 Å². The predicted octanol–water partition coefficient (Wildman–Crippen LogP) is 1.90. The molecule has 6 heteroatoms. The maximum Gasteiger partial charge on any atom is 0.337 e. The van der Waals surface area contributed by atoms with Gasteiger partial charge in [0.05, 0.1) is 11.1 Å². The first-order chi connectivity index (χ1) is 6.99. The number of rotatable bonds is 2. The Hall–Kier alpha value is -2.16. The lowest BCUT2D eigenvalue weighted by atomic mass is 10.0. The van der Waals surface area contributed by atoms with Gasteiger partial charge in [-0.25, -0.2) is 13.6 Å². The van der Waals surface area contributed by atoms with Crippen LogP contribution in [0.25, 0.3) is 0 Å². The molecule has 0 aromatic heterocycles. The minimum atomic E-state index is -2.96. The number of phenols is 1. The first-order valence-corrected chi connectivity index (χ1v) is 3.76. The standard InChI is InChI=1S/C9H5F2NO3/c10-8(11)5-2-1-4(9(14)15)6(3-12)7(5)13/h1-2,8,13H,(H,14,15). The molecule has 0 aliphatic carbocycles. The lowest BCUT2D eigenvalue weighted by Gasteiger charge is -2.06. The molecule has 78 valence electrons. The summed E-state index contributed by atoms with van der Waals surface area (Å²) in [6, 6.07) is 3.02. The third kappa shape index (κ3) is 1.86. The van der Waals surface area contributed by atoms with E-state index < -0.39 is 34.8 Å². The highest BCUT2D eigenvalue weighted by Crippen LogP contribution is 2.32. The van der Waals surface area contributed by atoms with Crippen LogP contribution in [0.3, 0.4) is 0 Å². The topological polar surface area (TPSA) is 81.3 Å². The molecule has 1 aromatic rings. The van der Waals surface area contributed by atoms with Gasteiger partial charge in [-0.15, -0.1) is 0 Å². The van der Waals surface area contributed by atoms with Gasteiger partial charge in [0.2, 0.25) is 0 Å². The lowest BCUT2D eigenvalue weighted by molar-refractivity contribution is 0.0695. The van der Waals surface area contributed by atoms with Crippen molar-refractivity contribution in [2.24, 2.45) is 0 Å². The molecule has 0 spiro atoms. The van der Waals surface area contributed by atoms with Crippen LogP contribution in [0.2, 0.25) is 0 Å². The first-order valence-electron chi connectivity index (χ1n) is 3.76. The van der Waals surface area contributed by atoms with Crippen molar-refractivity contribution in [1.82, 2.24) is 0 Å². The van der Waals surface area contributed by atoms with Crippen LogP contribution in [-0.4, -0.2) is 16.2 Å². The third-order valence-electron chi connectivity index (χ3n) is 1.79. The molecule has 4 nitrogen and oxygen atoms in total. The number of nitriles is 1. The van der Waals surface area contributed by atoms with Crippen molar-refractivity contribution in [3.05, 3.63) is 28.8 Å². The van der Waals surface area contributed by atoms with Crippen molar-refractivity contribution < 1.29 is 23.8 Å². The van der Waals surface area contributed by atoms with Gasteiger partial charge in [0, 0.05) is 0 Å². The van der Waals surface area contributed by atoms with Crippen molar-refractivity contribution in [2.45, 2.75) is 6.43 Å². The van der Waals surface area contributed by atoms with Crippen LogP contribution in [0.15, 0.2) is 12.1 Å². The van der Waals surface area contributed by atoms with Gasteiger partial charge in [-0.1, -0.05) is 0 Å². The van der Waals surface area contributed by atoms with E-state index in [1.54, 1.807) is 0 Å². The zero-order valence-electron chi connectivity index (χ0n) is 7.24. The van der Waals surface area contributed by atoms with Crippen molar-refractivity contribution in [3.8, 4) is 11.8 Å². The van der Waals surface area contributed by atoms with Gasteiger partial charge >= 0.3 is 5.97 Å². The average Bonchev–Trinajstić information content (AvgIpc) is 2.16. The maximum atomic E-state index is 12.3. The Balaban J connectivity index is 3.48. The summed E-state index contributed by atoms with van der Waals surface area (Å²) in [5.41, 5.74) is -1.91. The number of carbonyl (C=O) groups is 1. The van der Waals surface area contributed by atoms with Crippen LogP contribution in [0.5, 0.6) is 5.75 Å². The van der Waals surface area contributed by atoms with E-state index in [0.29, 0.717) is 0 Å². The summed E-state index contributed by atoms with van der Waals surface area (Å²) in [5, 5.41) is 26.4. The molecule has 2 N–H and O–H groups in total. The molecule has 0 saturated carbocycles. The number of benzene rings is 1. The van der Waals surface area contributed by atoms with Crippen LogP contribution in [0.4, 0.5) is 8.78 Å². The average molecular weight is 213 g/mol. The number of aromatic carboxylic acids is 1. The molecule has 15 heavy (non-hydrogen) atoms. The summed E-state index contributed by atoms with van der Waals surface area (Å²) in [7, 11) is 0. The molecule has 1 rings (SSSR count). The van der Waals surface area contributed by atoms with Gasteiger partial charge in [-0.3, -0.25) is 0 Å². The molecule has 0 amide bonds. The third-order valence-corrected chi connectivity index (χ3v) is 1.79. The van der Waals surface area contributed by atoms with E-state index >= 15 is 0 Å². The molecule has 0 aliphatic rings. The fourth-order valence-corrected chi connectivity index (χ4v) is 1.07. The maximum absolute atomic E-state index is 12.3. The van der Waals surface area contributed by atoms with Gasteiger partial charge < -0.3 is 10.2 Å². The summed E-state index contributed by atoms with van der Waals surface area (Å²) >= 11 is 0. The van der Waals surface area contributed by atoms with Crippen molar-refractivity contribution in [2.75, 3.05) is 0 Å². The van der Waals surface area contributed by atoms with Crippen LogP contribution in [0.1, 0.15) is 27.9 Å². The van der Waals surface area contributed by atoms with Gasteiger partial charge in [0.1, 0.15) is 17.4 Å². The fraction of sp³-hybridized carbons (Fsp3) is 0.111. The quantitative estimate of drug-likeness (QED) is 0.785. The Labute approximate surface area is 83.0 Å². The molecular weight excluding hydrogens is 208 g/mol. The zero-order chi connectivity index (χ0) is 11.6. The largest absolute Gasteiger partial charge is 0.506 e. The Bertz CT molecular complexity index is 451. The van der Waals surface area contributed by atoms with Gasteiger partial charge in [-0.05, 0) is 12.1 Å². The number of phenolic OH excluding ortho intramolecular Hbond substituents is 1. The number of alkyl halides is 2. The summed E-state index contributed by atoms with van der Waals surface area (Å²) < 4.78 is 24.5. The number of nitrogens with zero attached hydrogens (tertiary/aromatic N) is 1. The number of halogens is 2. The molecular formula is C9H5F2NO3. The van der Waals surface area contributed by atoms with Crippen molar-refractivity contribution >= 4 is 5.97 Å². The monoisotopic (exact) mass is 213 g/mol. The highest BCUT2D eigenvalue weighted by molar-refractivity contribution is 5.91. The second-order valence-corrected chi connectivity index (χ2v) is 2.64.